The molecule has 390 valence electrons. The van der Waals surface area contributed by atoms with Gasteiger partial charge in [-0.3, -0.25) is 14.4 Å². The molecule has 6 nitrogen and oxygen atoms in total. The van der Waals surface area contributed by atoms with Gasteiger partial charge in [0.1, 0.15) is 13.2 Å². The molecule has 1 atom stereocenters. The van der Waals surface area contributed by atoms with Gasteiger partial charge in [0, 0.05) is 19.3 Å². The molecule has 0 heterocycles. The molecular weight excluding hydrogens is 817 g/mol. The average Bonchev–Trinajstić information content (AvgIpc) is 3.31. The smallest absolute Gasteiger partial charge is 0.306 e. The normalized spacial score (nSPS) is 12.0. The molecule has 0 fully saturated rings. The van der Waals surface area contributed by atoms with E-state index in [1.54, 1.807) is 0 Å². The van der Waals surface area contributed by atoms with E-state index in [1.165, 1.54) is 238 Å². The fourth-order valence-corrected chi connectivity index (χ4v) is 9.03. The zero-order valence-electron chi connectivity index (χ0n) is 44.7. The minimum absolute atomic E-state index is 0.0657. The van der Waals surface area contributed by atoms with Gasteiger partial charge in [-0.25, -0.2) is 0 Å². The molecule has 0 aliphatic rings. The summed E-state index contributed by atoms with van der Waals surface area (Å²) in [6.45, 7) is 6.69. The summed E-state index contributed by atoms with van der Waals surface area (Å²) in [7, 11) is 0. The van der Waals surface area contributed by atoms with Crippen molar-refractivity contribution in [2.45, 2.75) is 341 Å². The minimum Gasteiger partial charge on any atom is -0.462 e. The van der Waals surface area contributed by atoms with Crippen molar-refractivity contribution in [2.24, 2.45) is 0 Å². The van der Waals surface area contributed by atoms with Crippen molar-refractivity contribution in [2.75, 3.05) is 13.2 Å². The molecule has 0 aromatic rings. The summed E-state index contributed by atoms with van der Waals surface area (Å²) in [5, 5.41) is 0. The fraction of sp³-hybridized carbons (Fsp3) is 0.917. The van der Waals surface area contributed by atoms with Gasteiger partial charge in [-0.05, 0) is 44.9 Å². The Morgan fingerprint density at radius 2 is 0.500 bits per heavy atom. The van der Waals surface area contributed by atoms with Crippen LogP contribution in [0.2, 0.25) is 0 Å². The van der Waals surface area contributed by atoms with Gasteiger partial charge < -0.3 is 14.2 Å². The third-order valence-electron chi connectivity index (χ3n) is 13.5. The van der Waals surface area contributed by atoms with Crippen LogP contribution >= 0.6 is 0 Å². The lowest BCUT2D eigenvalue weighted by atomic mass is 10.0. The summed E-state index contributed by atoms with van der Waals surface area (Å²) < 4.78 is 16.9. The molecule has 0 aromatic heterocycles. The number of carbonyl (C=O) groups excluding carboxylic acids is 3. The summed E-state index contributed by atoms with van der Waals surface area (Å²) >= 11 is 0. The molecule has 0 N–H and O–H groups in total. The quantitative estimate of drug-likeness (QED) is 0.0262. The van der Waals surface area contributed by atoms with Crippen molar-refractivity contribution >= 4 is 17.9 Å². The zero-order chi connectivity index (χ0) is 47.9. The first-order valence-electron chi connectivity index (χ1n) is 29.7. The third-order valence-corrected chi connectivity index (χ3v) is 13.5. The predicted octanol–water partition coefficient (Wildman–Crippen LogP) is 19.7. The number of unbranched alkanes of at least 4 members (excludes halogenated alkanes) is 42. The highest BCUT2D eigenvalue weighted by Crippen LogP contribution is 2.17. The molecule has 0 radical (unpaired) electrons. The highest BCUT2D eigenvalue weighted by atomic mass is 16.6. The Morgan fingerprint density at radius 3 is 0.758 bits per heavy atom. The first-order valence-corrected chi connectivity index (χ1v) is 29.7. The number of esters is 3. The van der Waals surface area contributed by atoms with Crippen LogP contribution in [-0.2, 0) is 28.6 Å². The van der Waals surface area contributed by atoms with Crippen molar-refractivity contribution in [1.82, 2.24) is 0 Å². The zero-order valence-corrected chi connectivity index (χ0v) is 44.7. The van der Waals surface area contributed by atoms with Gasteiger partial charge in [0.25, 0.3) is 0 Å². The van der Waals surface area contributed by atoms with Crippen LogP contribution in [0.3, 0.4) is 0 Å². The van der Waals surface area contributed by atoms with E-state index in [9.17, 15) is 14.4 Å². The van der Waals surface area contributed by atoms with Crippen molar-refractivity contribution in [3.63, 3.8) is 0 Å². The van der Waals surface area contributed by atoms with Crippen LogP contribution in [0.25, 0.3) is 0 Å². The summed E-state index contributed by atoms with van der Waals surface area (Å²) in [5.74, 6) is -0.845. The van der Waals surface area contributed by atoms with Crippen LogP contribution in [0.5, 0.6) is 0 Å². The Balaban J connectivity index is 4.28. The van der Waals surface area contributed by atoms with E-state index >= 15 is 0 Å². The average molecular weight is 932 g/mol. The second kappa shape index (κ2) is 55.7. The molecule has 0 bridgehead atoms. The molecule has 0 rings (SSSR count). The molecule has 0 spiro atoms. The maximum atomic E-state index is 12.9. The van der Waals surface area contributed by atoms with Gasteiger partial charge in [-0.1, -0.05) is 283 Å². The van der Waals surface area contributed by atoms with Crippen molar-refractivity contribution < 1.29 is 28.6 Å². The highest BCUT2D eigenvalue weighted by molar-refractivity contribution is 5.71. The standard InChI is InChI=1S/C60H114O6/c1-4-7-10-13-16-19-22-25-27-29-30-32-33-35-38-41-44-47-50-53-59(62)65-56-57(55-64-58(61)52-49-46-43-40-37-24-21-18-15-12-9-6-3)66-60(63)54-51-48-45-42-39-36-34-31-28-26-23-20-17-14-11-8-5-2/h26,28,57H,4-25,27,29-56H2,1-3H3/b28-26-. The molecule has 6 heteroatoms. The fourth-order valence-electron chi connectivity index (χ4n) is 9.03. The Morgan fingerprint density at radius 1 is 0.288 bits per heavy atom. The second-order valence-corrected chi connectivity index (χ2v) is 20.3. The van der Waals surface area contributed by atoms with Gasteiger partial charge in [0.05, 0.1) is 0 Å². The lowest BCUT2D eigenvalue weighted by molar-refractivity contribution is -0.167. The number of ether oxygens (including phenoxy) is 3. The number of carbonyl (C=O) groups is 3. The van der Waals surface area contributed by atoms with Crippen molar-refractivity contribution in [1.29, 1.82) is 0 Å². The van der Waals surface area contributed by atoms with Gasteiger partial charge in [0.15, 0.2) is 6.10 Å². The molecule has 0 saturated heterocycles. The minimum atomic E-state index is -0.766. The molecule has 0 saturated carbocycles. The second-order valence-electron chi connectivity index (χ2n) is 20.3. The monoisotopic (exact) mass is 931 g/mol. The van der Waals surface area contributed by atoms with Crippen LogP contribution in [0.4, 0.5) is 0 Å². The summed E-state index contributed by atoms with van der Waals surface area (Å²) in [6.07, 6.45) is 63.5. The van der Waals surface area contributed by atoms with Crippen LogP contribution < -0.4 is 0 Å². The van der Waals surface area contributed by atoms with Crippen LogP contribution in [0.15, 0.2) is 12.2 Å². The highest BCUT2D eigenvalue weighted by Gasteiger charge is 2.19. The number of hydrogen-bond acceptors (Lipinski definition) is 6. The summed E-state index contributed by atoms with van der Waals surface area (Å²) in [6, 6.07) is 0. The summed E-state index contributed by atoms with van der Waals surface area (Å²) in [5.41, 5.74) is 0. The molecule has 66 heavy (non-hydrogen) atoms. The maximum absolute atomic E-state index is 12.9. The predicted molar refractivity (Wildman–Crippen MR) is 284 cm³/mol. The van der Waals surface area contributed by atoms with E-state index in [-0.39, 0.29) is 31.1 Å². The number of allylic oxidation sites excluding steroid dienone is 2. The van der Waals surface area contributed by atoms with E-state index in [4.69, 9.17) is 14.2 Å². The molecular formula is C60H114O6. The Kier molecular flexibility index (Phi) is 54.2. The lowest BCUT2D eigenvalue weighted by Crippen LogP contribution is -2.30. The van der Waals surface area contributed by atoms with Gasteiger partial charge in [-0.2, -0.15) is 0 Å². The third kappa shape index (κ3) is 53.1. The molecule has 0 aliphatic carbocycles. The number of rotatable bonds is 55. The van der Waals surface area contributed by atoms with Crippen LogP contribution in [0.1, 0.15) is 335 Å². The SMILES string of the molecule is CCCCCCCC/C=C\CCCCCCCCCC(=O)OC(COC(=O)CCCCCCCCCCCCCC)COC(=O)CCCCCCCCCCCCCCCCCCCCC. The maximum Gasteiger partial charge on any atom is 0.306 e. The van der Waals surface area contributed by atoms with E-state index in [0.717, 1.165) is 57.8 Å². The van der Waals surface area contributed by atoms with Crippen LogP contribution in [-0.4, -0.2) is 37.2 Å². The number of hydrogen-bond donors (Lipinski definition) is 0. The lowest BCUT2D eigenvalue weighted by Gasteiger charge is -2.18. The molecule has 0 aromatic carbocycles. The molecule has 1 unspecified atom stereocenters. The van der Waals surface area contributed by atoms with Crippen molar-refractivity contribution in [3.05, 3.63) is 12.2 Å². The first-order chi connectivity index (χ1) is 32.5. The topological polar surface area (TPSA) is 78.9 Å². The first kappa shape index (κ1) is 64.2. The van der Waals surface area contributed by atoms with E-state index in [0.29, 0.717) is 19.3 Å². The van der Waals surface area contributed by atoms with E-state index < -0.39 is 6.10 Å². The van der Waals surface area contributed by atoms with E-state index in [1.807, 2.05) is 0 Å². The summed E-state index contributed by atoms with van der Waals surface area (Å²) in [4.78, 5) is 38.1. The Hall–Kier alpha value is -1.85. The van der Waals surface area contributed by atoms with Crippen LogP contribution in [0, 0.1) is 0 Å². The van der Waals surface area contributed by atoms with Gasteiger partial charge in [0.2, 0.25) is 0 Å². The van der Waals surface area contributed by atoms with E-state index in [2.05, 4.69) is 32.9 Å². The van der Waals surface area contributed by atoms with Crippen molar-refractivity contribution in [3.8, 4) is 0 Å². The van der Waals surface area contributed by atoms with Gasteiger partial charge >= 0.3 is 17.9 Å². The molecule has 0 amide bonds. The Bertz CT molecular complexity index is 1020. The largest absolute Gasteiger partial charge is 0.462 e. The Labute approximate surface area is 411 Å². The van der Waals surface area contributed by atoms with Gasteiger partial charge in [-0.15, -0.1) is 0 Å². The molecule has 0 aliphatic heterocycles.